The molecule has 0 radical (unpaired) electrons. The molecule has 1 aromatic carbocycles. The van der Waals surface area contributed by atoms with Crippen molar-refractivity contribution in [3.63, 3.8) is 0 Å². The largest absolute Gasteiger partial charge is 0.462 e. The SMILES string of the molecule is CCOC(=O)c1c(C)oc(Nc2nc3cc(Cl)ccc3o2)c1C(N)=O. The molecule has 3 N–H and O–H groups in total. The number of hydrogen-bond donors (Lipinski definition) is 2. The summed E-state index contributed by atoms with van der Waals surface area (Å²) in [6, 6.07) is 4.99. The van der Waals surface area contributed by atoms with Crippen LogP contribution < -0.4 is 11.1 Å². The van der Waals surface area contributed by atoms with Gasteiger partial charge >= 0.3 is 12.0 Å². The molecule has 0 bridgehead atoms. The predicted molar refractivity (Wildman–Crippen MR) is 90.2 cm³/mol. The molecule has 3 rings (SSSR count). The molecule has 0 saturated heterocycles. The predicted octanol–water partition coefficient (Wildman–Crippen LogP) is 3.40. The van der Waals surface area contributed by atoms with Gasteiger partial charge in [-0.05, 0) is 32.0 Å². The van der Waals surface area contributed by atoms with Crippen molar-refractivity contribution in [3.8, 4) is 0 Å². The minimum absolute atomic E-state index is 0.0315. The van der Waals surface area contributed by atoms with Gasteiger partial charge in [0.25, 0.3) is 5.91 Å². The number of benzene rings is 1. The van der Waals surface area contributed by atoms with E-state index in [1.807, 2.05) is 0 Å². The number of nitrogens with two attached hydrogens (primary N) is 1. The maximum Gasteiger partial charge on any atom is 0.342 e. The molecular formula is C16H14ClN3O5. The number of carbonyl (C=O) groups is 2. The lowest BCUT2D eigenvalue weighted by molar-refractivity contribution is 0.0521. The van der Waals surface area contributed by atoms with Crippen molar-refractivity contribution in [1.82, 2.24) is 4.98 Å². The maximum absolute atomic E-state index is 12.1. The van der Waals surface area contributed by atoms with Gasteiger partial charge in [0.1, 0.15) is 22.4 Å². The lowest BCUT2D eigenvalue weighted by Crippen LogP contribution is -2.17. The van der Waals surface area contributed by atoms with Crippen molar-refractivity contribution < 1.29 is 23.2 Å². The van der Waals surface area contributed by atoms with E-state index in [-0.39, 0.29) is 35.4 Å². The first-order valence-corrected chi connectivity index (χ1v) is 7.72. The number of aromatic nitrogens is 1. The molecule has 25 heavy (non-hydrogen) atoms. The summed E-state index contributed by atoms with van der Waals surface area (Å²) >= 11 is 5.91. The Kier molecular flexibility index (Phi) is 4.37. The van der Waals surface area contributed by atoms with Gasteiger partial charge in [0.15, 0.2) is 5.58 Å². The number of esters is 1. The van der Waals surface area contributed by atoms with Gasteiger partial charge in [-0.25, -0.2) is 4.79 Å². The fourth-order valence-electron chi connectivity index (χ4n) is 2.37. The minimum atomic E-state index is -0.846. The lowest BCUT2D eigenvalue weighted by atomic mass is 10.1. The summed E-state index contributed by atoms with van der Waals surface area (Å²) in [6.45, 7) is 3.33. The number of nitrogens with zero attached hydrogens (tertiary/aromatic N) is 1. The van der Waals surface area contributed by atoms with Crippen LogP contribution in [0, 0.1) is 6.92 Å². The lowest BCUT2D eigenvalue weighted by Gasteiger charge is -2.02. The number of nitrogens with one attached hydrogen (secondary N) is 1. The van der Waals surface area contributed by atoms with E-state index in [0.29, 0.717) is 16.1 Å². The molecule has 0 atom stereocenters. The van der Waals surface area contributed by atoms with Crippen LogP contribution in [0.25, 0.3) is 11.1 Å². The number of ether oxygens (including phenoxy) is 1. The average molecular weight is 364 g/mol. The molecule has 0 aliphatic carbocycles. The molecular weight excluding hydrogens is 350 g/mol. The van der Waals surface area contributed by atoms with Crippen LogP contribution in [-0.2, 0) is 4.74 Å². The molecule has 130 valence electrons. The van der Waals surface area contributed by atoms with E-state index in [9.17, 15) is 9.59 Å². The number of rotatable bonds is 5. The van der Waals surface area contributed by atoms with E-state index in [1.165, 1.54) is 6.92 Å². The van der Waals surface area contributed by atoms with Crippen LogP contribution in [0.5, 0.6) is 0 Å². The van der Waals surface area contributed by atoms with Gasteiger partial charge in [-0.3, -0.25) is 10.1 Å². The third kappa shape index (κ3) is 3.16. The van der Waals surface area contributed by atoms with E-state index in [2.05, 4.69) is 10.3 Å². The Morgan fingerprint density at radius 1 is 1.32 bits per heavy atom. The van der Waals surface area contributed by atoms with Gasteiger partial charge in [0, 0.05) is 5.02 Å². The molecule has 2 aromatic heterocycles. The zero-order valence-corrected chi connectivity index (χ0v) is 14.1. The second-order valence-corrected chi connectivity index (χ2v) is 5.51. The third-order valence-corrected chi connectivity index (χ3v) is 3.62. The Morgan fingerprint density at radius 3 is 2.76 bits per heavy atom. The first-order valence-electron chi connectivity index (χ1n) is 7.34. The summed E-state index contributed by atoms with van der Waals surface area (Å²) in [4.78, 5) is 28.1. The van der Waals surface area contributed by atoms with Gasteiger partial charge < -0.3 is 19.3 Å². The smallest absolute Gasteiger partial charge is 0.342 e. The number of oxazole rings is 1. The quantitative estimate of drug-likeness (QED) is 0.666. The molecule has 0 saturated carbocycles. The van der Waals surface area contributed by atoms with E-state index in [4.69, 9.17) is 30.9 Å². The number of hydrogen-bond acceptors (Lipinski definition) is 7. The first kappa shape index (κ1) is 16.8. The molecule has 0 fully saturated rings. The summed E-state index contributed by atoms with van der Waals surface area (Å²) in [7, 11) is 0. The second kappa shape index (κ2) is 6.48. The minimum Gasteiger partial charge on any atom is -0.462 e. The highest BCUT2D eigenvalue weighted by atomic mass is 35.5. The molecule has 1 amide bonds. The van der Waals surface area contributed by atoms with Crippen LogP contribution in [-0.4, -0.2) is 23.5 Å². The highest BCUT2D eigenvalue weighted by Crippen LogP contribution is 2.31. The van der Waals surface area contributed by atoms with Crippen molar-refractivity contribution in [2.45, 2.75) is 13.8 Å². The summed E-state index contributed by atoms with van der Waals surface area (Å²) < 4.78 is 15.9. The van der Waals surface area contributed by atoms with Gasteiger partial charge in [-0.1, -0.05) is 11.6 Å². The molecule has 0 spiro atoms. The van der Waals surface area contributed by atoms with Gasteiger partial charge in [0.05, 0.1) is 6.61 Å². The van der Waals surface area contributed by atoms with Crippen LogP contribution in [0.2, 0.25) is 5.02 Å². The highest BCUT2D eigenvalue weighted by molar-refractivity contribution is 6.31. The highest BCUT2D eigenvalue weighted by Gasteiger charge is 2.29. The summed E-state index contributed by atoms with van der Waals surface area (Å²) in [6.07, 6.45) is 0. The second-order valence-electron chi connectivity index (χ2n) is 5.08. The number of aryl methyl sites for hydroxylation is 1. The third-order valence-electron chi connectivity index (χ3n) is 3.38. The molecule has 0 aliphatic rings. The number of halogens is 1. The zero-order chi connectivity index (χ0) is 18.1. The van der Waals surface area contributed by atoms with E-state index in [1.54, 1.807) is 25.1 Å². The average Bonchev–Trinajstić information content (AvgIpc) is 3.07. The van der Waals surface area contributed by atoms with Crippen molar-refractivity contribution in [3.05, 3.63) is 40.1 Å². The molecule has 0 aliphatic heterocycles. The first-order chi connectivity index (χ1) is 11.9. The van der Waals surface area contributed by atoms with E-state index in [0.717, 1.165) is 0 Å². The van der Waals surface area contributed by atoms with Crippen molar-refractivity contribution in [2.24, 2.45) is 5.73 Å². The summed E-state index contributed by atoms with van der Waals surface area (Å²) in [5.74, 6) is -1.41. The standard InChI is InChI=1S/C16H14ClN3O5/c1-3-23-15(22)11-7(2)24-14(12(11)13(18)21)20-16-19-9-6-8(17)4-5-10(9)25-16/h4-6H,3H2,1-2H3,(H2,18,21)(H,19,20). The van der Waals surface area contributed by atoms with E-state index >= 15 is 0 Å². The molecule has 3 aromatic rings. The normalized spacial score (nSPS) is 10.8. The molecule has 2 heterocycles. The number of anilines is 2. The monoisotopic (exact) mass is 363 g/mol. The topological polar surface area (TPSA) is 121 Å². The Balaban J connectivity index is 2.02. The Hall–Kier alpha value is -3.00. The number of fused-ring (bicyclic) bond motifs is 1. The fourth-order valence-corrected chi connectivity index (χ4v) is 2.53. The Morgan fingerprint density at radius 2 is 2.08 bits per heavy atom. The Labute approximate surface area is 146 Å². The van der Waals surface area contributed by atoms with Gasteiger partial charge in [-0.2, -0.15) is 4.98 Å². The maximum atomic E-state index is 12.1. The van der Waals surface area contributed by atoms with Crippen LogP contribution in [0.4, 0.5) is 11.9 Å². The molecule has 8 nitrogen and oxygen atoms in total. The molecule has 9 heteroatoms. The molecule has 0 unspecified atom stereocenters. The number of carbonyl (C=O) groups excluding carboxylic acids is 2. The van der Waals surface area contributed by atoms with Crippen LogP contribution in [0.3, 0.4) is 0 Å². The van der Waals surface area contributed by atoms with Crippen molar-refractivity contribution in [2.75, 3.05) is 11.9 Å². The zero-order valence-electron chi connectivity index (χ0n) is 13.4. The number of primary amides is 1. The summed E-state index contributed by atoms with van der Waals surface area (Å²) in [5, 5.41) is 3.23. The van der Waals surface area contributed by atoms with Gasteiger partial charge in [0.2, 0.25) is 5.88 Å². The fraction of sp³-hybridized carbons (Fsp3) is 0.188. The summed E-state index contributed by atoms with van der Waals surface area (Å²) in [5.41, 5.74) is 6.24. The Bertz CT molecular complexity index is 976. The van der Waals surface area contributed by atoms with E-state index < -0.39 is 11.9 Å². The van der Waals surface area contributed by atoms with Gasteiger partial charge in [-0.15, -0.1) is 0 Å². The van der Waals surface area contributed by atoms with Crippen LogP contribution >= 0.6 is 11.6 Å². The van der Waals surface area contributed by atoms with Crippen molar-refractivity contribution >= 4 is 46.5 Å². The number of furan rings is 1. The van der Waals surface area contributed by atoms with Crippen LogP contribution in [0.15, 0.2) is 27.0 Å². The number of amides is 1. The van der Waals surface area contributed by atoms with Crippen LogP contribution in [0.1, 0.15) is 33.4 Å². The van der Waals surface area contributed by atoms with Crippen molar-refractivity contribution in [1.29, 1.82) is 0 Å².